The van der Waals surface area contributed by atoms with Gasteiger partial charge in [-0.2, -0.15) is 0 Å². The molecule has 0 fully saturated rings. The summed E-state index contributed by atoms with van der Waals surface area (Å²) in [7, 11) is -9.81. The van der Waals surface area contributed by atoms with E-state index in [0.29, 0.717) is 19.3 Å². The molecule has 576 valence electrons. The van der Waals surface area contributed by atoms with Crippen LogP contribution < -0.4 is 0 Å². The minimum absolute atomic E-state index is 0.0806. The van der Waals surface area contributed by atoms with Gasteiger partial charge >= 0.3 is 33.6 Å². The Morgan fingerprint density at radius 2 is 0.525 bits per heavy atom. The van der Waals surface area contributed by atoms with Crippen molar-refractivity contribution in [2.24, 2.45) is 0 Å². The van der Waals surface area contributed by atoms with Gasteiger partial charge in [-0.1, -0.05) is 281 Å². The largest absolute Gasteiger partial charge is 0.472 e. The molecule has 0 aliphatic heterocycles. The lowest BCUT2D eigenvalue weighted by atomic mass is 10.0. The summed E-state index contributed by atoms with van der Waals surface area (Å²) in [5.74, 6) is -1.64. The summed E-state index contributed by atoms with van der Waals surface area (Å²) < 4.78 is 61.0. The molecule has 0 aromatic heterocycles. The molecule has 0 saturated carbocycles. The third-order valence-corrected chi connectivity index (χ3v) is 17.6. The summed E-state index contributed by atoms with van der Waals surface area (Å²) >= 11 is 0. The molecule has 0 bridgehead atoms. The first-order chi connectivity index (χ1) is 49.2. The third kappa shape index (κ3) is 76.1. The number of aliphatic hydroxyl groups excluding tert-OH is 2. The van der Waals surface area contributed by atoms with E-state index in [0.717, 1.165) is 154 Å². The number of aliphatic hydroxyl groups is 2. The van der Waals surface area contributed by atoms with Crippen molar-refractivity contribution in [1.29, 1.82) is 0 Å². The Balaban J connectivity index is 4.52. The van der Waals surface area contributed by atoms with Gasteiger partial charge in [0.25, 0.3) is 0 Å². The Hall–Kier alpha value is -4.83. The molecule has 5 atom stereocenters. The summed E-state index contributed by atoms with van der Waals surface area (Å²) in [6.45, 7) is 2.36. The van der Waals surface area contributed by atoms with Crippen LogP contribution in [-0.4, -0.2) is 95.9 Å². The highest BCUT2D eigenvalue weighted by Gasteiger charge is 2.29. The molecule has 0 aliphatic carbocycles. The predicted molar refractivity (Wildman–Crippen MR) is 417 cm³/mol. The maximum absolute atomic E-state index is 12.9. The molecule has 0 aromatic rings. The molecule has 16 nitrogen and oxygen atoms in total. The van der Waals surface area contributed by atoms with E-state index in [9.17, 15) is 43.5 Å². The number of unbranched alkanes of at least 4 members (excludes halogenated alkanes) is 23. The van der Waals surface area contributed by atoms with E-state index in [1.54, 1.807) is 0 Å². The summed E-state index contributed by atoms with van der Waals surface area (Å²) in [4.78, 5) is 58.5. The molecule has 0 aliphatic rings. The summed E-state index contributed by atoms with van der Waals surface area (Å²) in [5, 5.41) is 20.6. The number of rotatable bonds is 72. The van der Waals surface area contributed by atoms with Crippen LogP contribution in [0.3, 0.4) is 0 Å². The average molecular weight is 1450 g/mol. The minimum Gasteiger partial charge on any atom is -0.463 e. The van der Waals surface area contributed by atoms with E-state index in [4.69, 9.17) is 32.3 Å². The molecule has 0 saturated heterocycles. The standard InChI is InChI=1S/C83H138O16P2/c1-4-7-10-13-16-19-22-25-27-29-31-33-34-35-36-37-38-39-40-41-42-44-46-47-49-52-54-57-60-63-66-69-81(86)93-72-78(84)73-95-100(89,90)96-74-79(85)75-97-101(91,92)98-77-80(99-83(88)71-68-65-62-59-56-51-24-21-18-15-12-9-6-3)76-94-82(87)70-67-64-61-58-55-53-50-48-45-43-32-30-28-26-23-20-17-14-11-8-5-2/h7-8,10-11,16-17,19-21,24-28,31-33,35-36,38-39,43,48,50,55,58,78-80,84-85H,4-6,9,12-15,18,22-23,29-30,34,37,40-42,44-47,49,51-54,56-57,59-77H2,1-3H3,(H,89,90)(H,91,92)/b10-7-,11-8-,19-16-,20-17-,24-21-,27-25-,28-26-,33-31-,36-35-,39-38-,43-32-,50-48-,58-55-. The van der Waals surface area contributed by atoms with E-state index in [1.807, 2.05) is 0 Å². The van der Waals surface area contributed by atoms with Crippen molar-refractivity contribution in [1.82, 2.24) is 0 Å². The fraction of sp³-hybridized carbons (Fsp3) is 0.651. The third-order valence-electron chi connectivity index (χ3n) is 15.7. The minimum atomic E-state index is -4.94. The number of phosphoric ester groups is 2. The predicted octanol–water partition coefficient (Wildman–Crippen LogP) is 22.6. The van der Waals surface area contributed by atoms with E-state index in [-0.39, 0.29) is 19.3 Å². The fourth-order valence-corrected chi connectivity index (χ4v) is 11.5. The van der Waals surface area contributed by atoms with E-state index >= 15 is 0 Å². The molecule has 0 aromatic carbocycles. The highest BCUT2D eigenvalue weighted by molar-refractivity contribution is 7.47. The fourth-order valence-electron chi connectivity index (χ4n) is 9.87. The maximum Gasteiger partial charge on any atom is 0.472 e. The highest BCUT2D eigenvalue weighted by atomic mass is 31.2. The number of allylic oxidation sites excluding steroid dienone is 26. The zero-order chi connectivity index (χ0) is 73.7. The number of hydrogen-bond donors (Lipinski definition) is 4. The van der Waals surface area contributed by atoms with Crippen LogP contribution in [0.15, 0.2) is 158 Å². The summed E-state index contributed by atoms with van der Waals surface area (Å²) in [6, 6.07) is 0. The first-order valence-electron chi connectivity index (χ1n) is 38.8. The van der Waals surface area contributed by atoms with Gasteiger partial charge in [0.15, 0.2) is 6.10 Å². The lowest BCUT2D eigenvalue weighted by molar-refractivity contribution is -0.161. The highest BCUT2D eigenvalue weighted by Crippen LogP contribution is 2.45. The van der Waals surface area contributed by atoms with Gasteiger partial charge in [-0.15, -0.1) is 0 Å². The van der Waals surface area contributed by atoms with E-state index in [2.05, 4.69) is 179 Å². The van der Waals surface area contributed by atoms with Crippen molar-refractivity contribution < 1.29 is 75.8 Å². The van der Waals surface area contributed by atoms with Crippen LogP contribution in [0.4, 0.5) is 0 Å². The molecule has 101 heavy (non-hydrogen) atoms. The smallest absolute Gasteiger partial charge is 0.463 e. The molecule has 0 spiro atoms. The number of phosphoric acid groups is 2. The first-order valence-corrected chi connectivity index (χ1v) is 41.8. The topological polar surface area (TPSA) is 231 Å². The number of ether oxygens (including phenoxy) is 3. The monoisotopic (exact) mass is 1450 g/mol. The van der Waals surface area contributed by atoms with Gasteiger partial charge in [-0.05, 0) is 148 Å². The van der Waals surface area contributed by atoms with Gasteiger partial charge in [0.05, 0.1) is 26.4 Å². The average Bonchev–Trinajstić information content (AvgIpc) is 0.936. The Kier molecular flexibility index (Phi) is 71.3. The molecular formula is C83H138O16P2. The molecule has 0 rings (SSSR count). The Labute approximate surface area is 612 Å². The van der Waals surface area contributed by atoms with Crippen LogP contribution in [0, 0.1) is 0 Å². The van der Waals surface area contributed by atoms with Gasteiger partial charge in [-0.25, -0.2) is 9.13 Å². The molecule has 0 amide bonds. The van der Waals surface area contributed by atoms with Gasteiger partial charge in [0.1, 0.15) is 25.4 Å². The lowest BCUT2D eigenvalue weighted by Crippen LogP contribution is -2.30. The normalized spacial score (nSPS) is 14.9. The number of esters is 3. The van der Waals surface area contributed by atoms with Crippen molar-refractivity contribution in [2.75, 3.05) is 39.6 Å². The SMILES string of the molecule is CC/C=C\C/C=C\C/C=C\C/C=C\C/C=C\C/C=C\CCCCCCCCCCCCCCC(=O)OCC(O)COP(=O)(O)OCC(O)COP(=O)(O)OCC(COC(=O)CCCC/C=C\C/C=C\C/C=C\C/C=C\C/C=C\C/C=C\CC)OC(=O)CCCCCCC/C=C\CCCCCC. The van der Waals surface area contributed by atoms with Crippen molar-refractivity contribution >= 4 is 33.6 Å². The number of hydrogen-bond acceptors (Lipinski definition) is 14. The summed E-state index contributed by atoms with van der Waals surface area (Å²) in [6.07, 6.45) is 93.0. The van der Waals surface area contributed by atoms with Crippen LogP contribution in [0.5, 0.6) is 0 Å². The van der Waals surface area contributed by atoms with Crippen molar-refractivity contribution in [3.8, 4) is 0 Å². The van der Waals surface area contributed by atoms with Crippen LogP contribution in [-0.2, 0) is 55.8 Å². The van der Waals surface area contributed by atoms with E-state index in [1.165, 1.54) is 77.0 Å². The Morgan fingerprint density at radius 1 is 0.287 bits per heavy atom. The number of carbonyl (C=O) groups excluding carboxylic acids is 3. The summed E-state index contributed by atoms with van der Waals surface area (Å²) in [5.41, 5.74) is 0. The zero-order valence-corrected chi connectivity index (χ0v) is 64.6. The molecule has 0 radical (unpaired) electrons. The molecule has 4 N–H and O–H groups in total. The second kappa shape index (κ2) is 74.9. The van der Waals surface area contributed by atoms with Crippen molar-refractivity contribution in [2.45, 2.75) is 309 Å². The Morgan fingerprint density at radius 3 is 0.861 bits per heavy atom. The zero-order valence-electron chi connectivity index (χ0n) is 62.8. The van der Waals surface area contributed by atoms with Gasteiger partial charge in [0.2, 0.25) is 0 Å². The van der Waals surface area contributed by atoms with Crippen molar-refractivity contribution in [3.05, 3.63) is 158 Å². The molecule has 18 heteroatoms. The number of carbonyl (C=O) groups is 3. The van der Waals surface area contributed by atoms with Gasteiger partial charge in [-0.3, -0.25) is 32.5 Å². The lowest BCUT2D eigenvalue weighted by Gasteiger charge is -2.21. The van der Waals surface area contributed by atoms with Crippen molar-refractivity contribution in [3.63, 3.8) is 0 Å². The molecule has 5 unspecified atom stereocenters. The second-order valence-electron chi connectivity index (χ2n) is 25.4. The second-order valence-corrected chi connectivity index (χ2v) is 28.3. The van der Waals surface area contributed by atoms with Gasteiger partial charge in [0, 0.05) is 19.3 Å². The first kappa shape index (κ1) is 96.2. The maximum atomic E-state index is 12.9. The Bertz CT molecular complexity index is 2470. The van der Waals surface area contributed by atoms with E-state index < -0.39 is 91.5 Å². The van der Waals surface area contributed by atoms with Crippen LogP contribution in [0.1, 0.15) is 290 Å². The quantitative estimate of drug-likeness (QED) is 0.0146. The molecule has 0 heterocycles. The van der Waals surface area contributed by atoms with Crippen LogP contribution in [0.2, 0.25) is 0 Å². The molecular weight excluding hydrogens is 1310 g/mol. The van der Waals surface area contributed by atoms with Crippen LogP contribution in [0.25, 0.3) is 0 Å². The van der Waals surface area contributed by atoms with Gasteiger partial charge < -0.3 is 34.2 Å². The van der Waals surface area contributed by atoms with Crippen LogP contribution >= 0.6 is 15.6 Å².